The Hall–Kier alpha value is -0.230. The smallest absolute Gasteiger partial charge is 0.0545 e. The van der Waals surface area contributed by atoms with Crippen LogP contribution in [0.3, 0.4) is 0 Å². The molecular formula is C12H16BrNO2S. The molecule has 3 nitrogen and oxygen atoms in total. The predicted molar refractivity (Wildman–Crippen MR) is 72.3 cm³/mol. The Morgan fingerprint density at radius 2 is 2.41 bits per heavy atom. The second-order valence-electron chi connectivity index (χ2n) is 4.26. The lowest BCUT2D eigenvalue weighted by molar-refractivity contribution is 0.182. The third-order valence-corrected chi connectivity index (χ3v) is 4.93. The van der Waals surface area contributed by atoms with Crippen molar-refractivity contribution >= 4 is 26.7 Å². The summed E-state index contributed by atoms with van der Waals surface area (Å²) in [5, 5.41) is 0. The molecule has 1 fully saturated rings. The summed E-state index contributed by atoms with van der Waals surface area (Å²) in [4.78, 5) is 0.828. The molecule has 0 aromatic heterocycles. The summed E-state index contributed by atoms with van der Waals surface area (Å²) in [6, 6.07) is 7.52. The van der Waals surface area contributed by atoms with Crippen molar-refractivity contribution in [3.63, 3.8) is 0 Å². The van der Waals surface area contributed by atoms with Crippen LogP contribution in [0.25, 0.3) is 0 Å². The first-order valence-electron chi connectivity index (χ1n) is 5.64. The molecule has 2 rings (SSSR count). The molecule has 2 N–H and O–H groups in total. The van der Waals surface area contributed by atoms with Crippen LogP contribution in [0.5, 0.6) is 0 Å². The van der Waals surface area contributed by atoms with E-state index in [9.17, 15) is 4.21 Å². The Balaban J connectivity index is 1.96. The minimum absolute atomic E-state index is 0.0442. The van der Waals surface area contributed by atoms with Gasteiger partial charge in [-0.1, -0.05) is 22.0 Å². The Morgan fingerprint density at radius 3 is 3.06 bits per heavy atom. The highest BCUT2D eigenvalue weighted by Gasteiger charge is 2.24. The van der Waals surface area contributed by atoms with Crippen LogP contribution in [0.1, 0.15) is 6.42 Å². The van der Waals surface area contributed by atoms with Gasteiger partial charge >= 0.3 is 0 Å². The van der Waals surface area contributed by atoms with Crippen LogP contribution in [-0.2, 0) is 15.5 Å². The third-order valence-electron chi connectivity index (χ3n) is 2.97. The van der Waals surface area contributed by atoms with E-state index in [4.69, 9.17) is 10.5 Å². The van der Waals surface area contributed by atoms with Crippen LogP contribution in [0.2, 0.25) is 0 Å². The molecule has 0 radical (unpaired) electrons. The lowest BCUT2D eigenvalue weighted by atomic mass is 10.0. The van der Waals surface area contributed by atoms with Gasteiger partial charge in [0.05, 0.1) is 17.4 Å². The van der Waals surface area contributed by atoms with Gasteiger partial charge in [-0.15, -0.1) is 0 Å². The molecule has 94 valence electrons. The van der Waals surface area contributed by atoms with Crippen LogP contribution < -0.4 is 5.73 Å². The standard InChI is InChI=1S/C12H16BrNO2S/c13-10-2-1-3-11(6-10)17(15)8-12(14)9-4-5-16-7-9/h1-3,6,9,12H,4-5,7-8,14H2. The lowest BCUT2D eigenvalue weighted by Crippen LogP contribution is -2.35. The molecule has 1 heterocycles. The van der Waals surface area contributed by atoms with Gasteiger partial charge in [-0.05, 0) is 24.6 Å². The fourth-order valence-corrected chi connectivity index (χ4v) is 3.76. The number of hydrogen-bond donors (Lipinski definition) is 1. The lowest BCUT2D eigenvalue weighted by Gasteiger charge is -2.16. The zero-order valence-electron chi connectivity index (χ0n) is 9.47. The van der Waals surface area contributed by atoms with E-state index in [2.05, 4.69) is 15.9 Å². The van der Waals surface area contributed by atoms with E-state index in [0.29, 0.717) is 18.3 Å². The molecule has 0 spiro atoms. The van der Waals surface area contributed by atoms with Crippen LogP contribution in [-0.4, -0.2) is 29.2 Å². The summed E-state index contributed by atoms with van der Waals surface area (Å²) in [5.41, 5.74) is 6.07. The van der Waals surface area contributed by atoms with Gasteiger partial charge in [-0.2, -0.15) is 0 Å². The Kier molecular flexibility index (Phi) is 4.73. The largest absolute Gasteiger partial charge is 0.381 e. The molecule has 0 saturated carbocycles. The van der Waals surface area contributed by atoms with Gasteiger partial charge in [0.2, 0.25) is 0 Å². The van der Waals surface area contributed by atoms with Crippen molar-refractivity contribution in [1.29, 1.82) is 0 Å². The average molecular weight is 318 g/mol. The second-order valence-corrected chi connectivity index (χ2v) is 6.67. The monoisotopic (exact) mass is 317 g/mol. The molecule has 1 aromatic carbocycles. The van der Waals surface area contributed by atoms with Crippen LogP contribution >= 0.6 is 15.9 Å². The fourth-order valence-electron chi connectivity index (χ4n) is 1.91. The maximum absolute atomic E-state index is 12.1. The highest BCUT2D eigenvalue weighted by Crippen LogP contribution is 2.19. The number of halogens is 1. The molecule has 1 aromatic rings. The van der Waals surface area contributed by atoms with Crippen molar-refractivity contribution < 1.29 is 8.95 Å². The molecule has 3 atom stereocenters. The minimum Gasteiger partial charge on any atom is -0.381 e. The Bertz CT molecular complexity index is 407. The minimum atomic E-state index is -1.03. The van der Waals surface area contributed by atoms with Crippen molar-refractivity contribution in [2.24, 2.45) is 11.7 Å². The quantitative estimate of drug-likeness (QED) is 0.923. The second kappa shape index (κ2) is 6.09. The first-order valence-corrected chi connectivity index (χ1v) is 7.75. The molecular weight excluding hydrogens is 302 g/mol. The van der Waals surface area contributed by atoms with Gasteiger partial charge in [-0.3, -0.25) is 4.21 Å². The SMILES string of the molecule is NC(CS(=O)c1cccc(Br)c1)C1CCOC1. The molecule has 1 saturated heterocycles. The van der Waals surface area contributed by atoms with E-state index >= 15 is 0 Å². The van der Waals surface area contributed by atoms with Gasteiger partial charge in [0.1, 0.15) is 0 Å². The number of nitrogens with two attached hydrogens (primary N) is 1. The zero-order valence-corrected chi connectivity index (χ0v) is 11.9. The summed E-state index contributed by atoms with van der Waals surface area (Å²) in [6.07, 6.45) is 0.983. The van der Waals surface area contributed by atoms with E-state index in [1.165, 1.54) is 0 Å². The van der Waals surface area contributed by atoms with Gasteiger partial charge in [0, 0.05) is 33.7 Å². The van der Waals surface area contributed by atoms with Crippen molar-refractivity contribution in [3.05, 3.63) is 28.7 Å². The van der Waals surface area contributed by atoms with E-state index < -0.39 is 10.8 Å². The summed E-state index contributed by atoms with van der Waals surface area (Å²) >= 11 is 3.38. The normalized spacial score (nSPS) is 23.5. The maximum atomic E-state index is 12.1. The van der Waals surface area contributed by atoms with Gasteiger partial charge < -0.3 is 10.5 Å². The molecule has 0 aliphatic carbocycles. The Morgan fingerprint density at radius 1 is 1.59 bits per heavy atom. The van der Waals surface area contributed by atoms with Crippen molar-refractivity contribution in [2.75, 3.05) is 19.0 Å². The van der Waals surface area contributed by atoms with E-state index in [-0.39, 0.29) is 6.04 Å². The third kappa shape index (κ3) is 3.61. The molecule has 0 bridgehead atoms. The molecule has 3 unspecified atom stereocenters. The van der Waals surface area contributed by atoms with Crippen LogP contribution in [0.15, 0.2) is 33.6 Å². The van der Waals surface area contributed by atoms with E-state index in [1.54, 1.807) is 0 Å². The fraction of sp³-hybridized carbons (Fsp3) is 0.500. The number of hydrogen-bond acceptors (Lipinski definition) is 3. The summed E-state index contributed by atoms with van der Waals surface area (Å²) in [6.45, 7) is 1.48. The molecule has 17 heavy (non-hydrogen) atoms. The van der Waals surface area contributed by atoms with Crippen LogP contribution in [0.4, 0.5) is 0 Å². The highest BCUT2D eigenvalue weighted by molar-refractivity contribution is 9.10. The summed E-state index contributed by atoms with van der Waals surface area (Å²) in [5.74, 6) is 0.857. The topological polar surface area (TPSA) is 52.3 Å². The van der Waals surface area contributed by atoms with Crippen molar-refractivity contribution in [3.8, 4) is 0 Å². The predicted octanol–water partition coefficient (Wildman–Crippen LogP) is 1.92. The first-order chi connectivity index (χ1) is 8.16. The van der Waals surface area contributed by atoms with Gasteiger partial charge in [0.15, 0.2) is 0 Å². The summed E-state index contributed by atoms with van der Waals surface area (Å²) in [7, 11) is -1.03. The van der Waals surface area contributed by atoms with Crippen molar-refractivity contribution in [2.45, 2.75) is 17.4 Å². The van der Waals surface area contributed by atoms with Crippen LogP contribution in [0, 0.1) is 5.92 Å². The average Bonchev–Trinajstić information content (AvgIpc) is 2.82. The number of benzene rings is 1. The van der Waals surface area contributed by atoms with Gasteiger partial charge in [-0.25, -0.2) is 0 Å². The molecule has 0 amide bonds. The van der Waals surface area contributed by atoms with Gasteiger partial charge in [0.25, 0.3) is 0 Å². The maximum Gasteiger partial charge on any atom is 0.0545 e. The Labute approximate surface area is 112 Å². The molecule has 5 heteroatoms. The van der Waals surface area contributed by atoms with E-state index in [0.717, 1.165) is 22.4 Å². The molecule has 1 aliphatic rings. The highest BCUT2D eigenvalue weighted by atomic mass is 79.9. The summed E-state index contributed by atoms with van der Waals surface area (Å²) < 4.78 is 18.4. The first kappa shape index (κ1) is 13.2. The van der Waals surface area contributed by atoms with Crippen molar-refractivity contribution in [1.82, 2.24) is 0 Å². The number of ether oxygens (including phenoxy) is 1. The van der Waals surface area contributed by atoms with E-state index in [1.807, 2.05) is 24.3 Å². The molecule has 1 aliphatic heterocycles. The number of rotatable bonds is 4. The zero-order chi connectivity index (χ0) is 12.3.